The number of aromatic nitrogens is 2. The summed E-state index contributed by atoms with van der Waals surface area (Å²) in [7, 11) is 1.33. The van der Waals surface area contributed by atoms with E-state index in [4.69, 9.17) is 0 Å². The fourth-order valence-corrected chi connectivity index (χ4v) is 1.32. The molecule has 0 saturated carbocycles. The Morgan fingerprint density at radius 2 is 2.29 bits per heavy atom. The van der Waals surface area contributed by atoms with Gasteiger partial charge in [0.25, 0.3) is 0 Å². The Balaban J connectivity index is 2.56. The van der Waals surface area contributed by atoms with Crippen molar-refractivity contribution in [3.05, 3.63) is 29.6 Å². The zero-order valence-corrected chi connectivity index (χ0v) is 8.00. The number of rotatable bonds is 1. The van der Waals surface area contributed by atoms with Gasteiger partial charge in [-0.15, -0.1) is 0 Å². The van der Waals surface area contributed by atoms with Gasteiger partial charge in [-0.3, -0.25) is 0 Å². The highest BCUT2D eigenvalue weighted by molar-refractivity contribution is 5.90. The summed E-state index contributed by atoms with van der Waals surface area (Å²) in [5.74, 6) is -0.202. The van der Waals surface area contributed by atoms with E-state index in [1.165, 1.54) is 7.11 Å². The smallest absolute Gasteiger partial charge is 0.374 e. The SMILES string of the molecule is COC(=O)c1nc2ccc(C)cc2[nH]1. The Morgan fingerprint density at radius 3 is 3.00 bits per heavy atom. The van der Waals surface area contributed by atoms with Crippen LogP contribution in [-0.2, 0) is 4.74 Å². The predicted molar refractivity (Wildman–Crippen MR) is 52.2 cm³/mol. The predicted octanol–water partition coefficient (Wildman–Crippen LogP) is 1.66. The lowest BCUT2D eigenvalue weighted by Crippen LogP contribution is -2.02. The minimum absolute atomic E-state index is 0.244. The molecule has 2 rings (SSSR count). The van der Waals surface area contributed by atoms with Crippen molar-refractivity contribution in [1.82, 2.24) is 9.97 Å². The van der Waals surface area contributed by atoms with Crippen molar-refractivity contribution >= 4 is 17.0 Å². The third kappa shape index (κ3) is 1.35. The lowest BCUT2D eigenvalue weighted by atomic mass is 10.2. The molecule has 0 aliphatic heterocycles. The van der Waals surface area contributed by atoms with Gasteiger partial charge in [0.05, 0.1) is 18.1 Å². The highest BCUT2D eigenvalue weighted by Crippen LogP contribution is 2.13. The summed E-state index contributed by atoms with van der Waals surface area (Å²) in [6, 6.07) is 5.76. The van der Waals surface area contributed by atoms with Crippen LogP contribution in [0, 0.1) is 6.92 Å². The van der Waals surface area contributed by atoms with Crippen LogP contribution in [0.5, 0.6) is 0 Å². The summed E-state index contributed by atoms with van der Waals surface area (Å²) in [6.07, 6.45) is 0. The van der Waals surface area contributed by atoms with Crippen LogP contribution in [0.25, 0.3) is 11.0 Å². The number of fused-ring (bicyclic) bond motifs is 1. The molecule has 0 saturated heterocycles. The first kappa shape index (κ1) is 8.74. The van der Waals surface area contributed by atoms with Crippen molar-refractivity contribution in [2.45, 2.75) is 6.92 Å². The number of aryl methyl sites for hydroxylation is 1. The second kappa shape index (κ2) is 3.14. The number of hydrogen-bond acceptors (Lipinski definition) is 3. The zero-order chi connectivity index (χ0) is 10.1. The van der Waals surface area contributed by atoms with E-state index in [0.717, 1.165) is 16.6 Å². The van der Waals surface area contributed by atoms with Crippen LogP contribution in [0.1, 0.15) is 16.2 Å². The maximum Gasteiger partial charge on any atom is 0.374 e. The van der Waals surface area contributed by atoms with Crippen LogP contribution in [-0.4, -0.2) is 23.0 Å². The number of methoxy groups -OCH3 is 1. The Hall–Kier alpha value is -1.84. The third-order valence-electron chi connectivity index (χ3n) is 2.02. The average Bonchev–Trinajstić information content (AvgIpc) is 2.59. The van der Waals surface area contributed by atoms with Crippen molar-refractivity contribution in [3.8, 4) is 0 Å². The lowest BCUT2D eigenvalue weighted by Gasteiger charge is -1.90. The number of hydrogen-bond donors (Lipinski definition) is 1. The van der Waals surface area contributed by atoms with E-state index in [-0.39, 0.29) is 5.82 Å². The average molecular weight is 190 g/mol. The second-order valence-corrected chi connectivity index (χ2v) is 3.10. The molecule has 1 aromatic heterocycles. The summed E-state index contributed by atoms with van der Waals surface area (Å²) in [4.78, 5) is 18.1. The van der Waals surface area contributed by atoms with E-state index in [0.29, 0.717) is 0 Å². The number of nitrogens with zero attached hydrogens (tertiary/aromatic N) is 1. The van der Waals surface area contributed by atoms with Gasteiger partial charge in [0.15, 0.2) is 0 Å². The molecule has 0 aliphatic rings. The van der Waals surface area contributed by atoms with Gasteiger partial charge < -0.3 is 9.72 Å². The summed E-state index contributed by atoms with van der Waals surface area (Å²) in [5, 5.41) is 0. The van der Waals surface area contributed by atoms with Gasteiger partial charge in [-0.05, 0) is 24.6 Å². The molecule has 0 aliphatic carbocycles. The molecule has 14 heavy (non-hydrogen) atoms. The third-order valence-corrected chi connectivity index (χ3v) is 2.02. The van der Waals surface area contributed by atoms with Gasteiger partial charge >= 0.3 is 5.97 Å². The van der Waals surface area contributed by atoms with E-state index in [2.05, 4.69) is 14.7 Å². The van der Waals surface area contributed by atoms with Crippen LogP contribution in [0.15, 0.2) is 18.2 Å². The Bertz CT molecular complexity index is 488. The summed E-state index contributed by atoms with van der Waals surface area (Å²) < 4.78 is 4.56. The number of H-pyrrole nitrogens is 1. The molecular weight excluding hydrogens is 180 g/mol. The molecule has 0 spiro atoms. The van der Waals surface area contributed by atoms with Gasteiger partial charge in [-0.25, -0.2) is 9.78 Å². The normalized spacial score (nSPS) is 10.4. The molecule has 0 atom stereocenters. The summed E-state index contributed by atoms with van der Waals surface area (Å²) >= 11 is 0. The molecule has 0 fully saturated rings. The Morgan fingerprint density at radius 1 is 1.50 bits per heavy atom. The minimum Gasteiger partial charge on any atom is -0.463 e. The fraction of sp³-hybridized carbons (Fsp3) is 0.200. The van der Waals surface area contributed by atoms with Crippen LogP contribution in [0.2, 0.25) is 0 Å². The first-order chi connectivity index (χ1) is 6.70. The zero-order valence-electron chi connectivity index (χ0n) is 8.00. The maximum atomic E-state index is 11.2. The molecule has 0 radical (unpaired) electrons. The molecule has 1 heterocycles. The Kier molecular flexibility index (Phi) is 1.96. The van der Waals surface area contributed by atoms with Gasteiger partial charge in [0, 0.05) is 0 Å². The van der Waals surface area contributed by atoms with Crippen molar-refractivity contribution in [2.75, 3.05) is 7.11 Å². The molecular formula is C10H10N2O2. The molecule has 0 amide bonds. The topological polar surface area (TPSA) is 55.0 Å². The van der Waals surface area contributed by atoms with Gasteiger partial charge in [-0.2, -0.15) is 0 Å². The van der Waals surface area contributed by atoms with Crippen molar-refractivity contribution in [1.29, 1.82) is 0 Å². The molecule has 2 aromatic rings. The van der Waals surface area contributed by atoms with Gasteiger partial charge in [0.2, 0.25) is 5.82 Å². The monoisotopic (exact) mass is 190 g/mol. The Labute approximate surface area is 80.9 Å². The number of ether oxygens (including phenoxy) is 1. The van der Waals surface area contributed by atoms with E-state index < -0.39 is 5.97 Å². The van der Waals surface area contributed by atoms with E-state index >= 15 is 0 Å². The van der Waals surface area contributed by atoms with Gasteiger partial charge in [-0.1, -0.05) is 6.07 Å². The van der Waals surface area contributed by atoms with Crippen molar-refractivity contribution < 1.29 is 9.53 Å². The number of carbonyl (C=O) groups is 1. The molecule has 4 nitrogen and oxygen atoms in total. The van der Waals surface area contributed by atoms with Crippen molar-refractivity contribution in [3.63, 3.8) is 0 Å². The van der Waals surface area contributed by atoms with Gasteiger partial charge in [0.1, 0.15) is 0 Å². The number of esters is 1. The van der Waals surface area contributed by atoms with Crippen LogP contribution in [0.3, 0.4) is 0 Å². The number of aromatic amines is 1. The van der Waals surface area contributed by atoms with E-state index in [1.807, 2.05) is 25.1 Å². The second-order valence-electron chi connectivity index (χ2n) is 3.10. The number of nitrogens with one attached hydrogen (secondary N) is 1. The number of benzene rings is 1. The highest BCUT2D eigenvalue weighted by Gasteiger charge is 2.10. The molecule has 1 aromatic carbocycles. The standard InChI is InChI=1S/C10H10N2O2/c1-6-3-4-7-8(5-6)12-9(11-7)10(13)14-2/h3-5H,1-2H3,(H,11,12). The molecule has 0 unspecified atom stereocenters. The van der Waals surface area contributed by atoms with Crippen LogP contribution in [0.4, 0.5) is 0 Å². The molecule has 72 valence electrons. The highest BCUT2D eigenvalue weighted by atomic mass is 16.5. The molecule has 1 N–H and O–H groups in total. The maximum absolute atomic E-state index is 11.2. The quantitative estimate of drug-likeness (QED) is 0.696. The molecule has 4 heteroatoms. The first-order valence-electron chi connectivity index (χ1n) is 4.25. The van der Waals surface area contributed by atoms with Crippen molar-refractivity contribution in [2.24, 2.45) is 0 Å². The largest absolute Gasteiger partial charge is 0.463 e. The number of carbonyl (C=O) groups excluding carboxylic acids is 1. The first-order valence-corrected chi connectivity index (χ1v) is 4.25. The van der Waals surface area contributed by atoms with Crippen LogP contribution < -0.4 is 0 Å². The van der Waals surface area contributed by atoms with E-state index in [1.54, 1.807) is 0 Å². The summed E-state index contributed by atoms with van der Waals surface area (Å²) in [6.45, 7) is 1.98. The minimum atomic E-state index is -0.446. The number of imidazole rings is 1. The lowest BCUT2D eigenvalue weighted by molar-refractivity contribution is 0.0588. The summed E-state index contributed by atoms with van der Waals surface area (Å²) in [5.41, 5.74) is 2.75. The molecule has 0 bridgehead atoms. The van der Waals surface area contributed by atoms with Crippen LogP contribution >= 0.6 is 0 Å². The van der Waals surface area contributed by atoms with E-state index in [9.17, 15) is 4.79 Å². The fourth-order valence-electron chi connectivity index (χ4n) is 1.32.